The summed E-state index contributed by atoms with van der Waals surface area (Å²) in [6.45, 7) is 2.04. The molecular formula is C13H19BrN2OS. The fourth-order valence-electron chi connectivity index (χ4n) is 2.47. The molecule has 3 nitrogen and oxygen atoms in total. The van der Waals surface area contributed by atoms with E-state index in [1.54, 1.807) is 7.11 Å². The van der Waals surface area contributed by atoms with E-state index in [0.29, 0.717) is 10.6 Å². The van der Waals surface area contributed by atoms with Crippen LogP contribution in [0.1, 0.15) is 50.0 Å². The van der Waals surface area contributed by atoms with Crippen LogP contribution in [0, 0.1) is 4.64 Å². The predicted molar refractivity (Wildman–Crippen MR) is 78.5 cm³/mol. The zero-order chi connectivity index (χ0) is 13.1. The molecule has 1 heterocycles. The van der Waals surface area contributed by atoms with Gasteiger partial charge in [0.05, 0.1) is 10.6 Å². The SMILES string of the molecule is COC(C)Cc1nc(=S)c(Br)c(C2CCCC2)[nH]1. The molecule has 1 aromatic rings. The van der Waals surface area contributed by atoms with Crippen LogP contribution in [0.4, 0.5) is 0 Å². The minimum atomic E-state index is 0.153. The summed E-state index contributed by atoms with van der Waals surface area (Å²) in [6, 6.07) is 0. The molecule has 1 atom stereocenters. The van der Waals surface area contributed by atoms with Gasteiger partial charge in [0, 0.05) is 25.1 Å². The van der Waals surface area contributed by atoms with Gasteiger partial charge in [-0.2, -0.15) is 0 Å². The second-order valence-corrected chi connectivity index (χ2v) is 6.13. The van der Waals surface area contributed by atoms with Gasteiger partial charge in [0.15, 0.2) is 0 Å². The first kappa shape index (κ1) is 14.2. The van der Waals surface area contributed by atoms with E-state index in [1.807, 2.05) is 6.92 Å². The lowest BCUT2D eigenvalue weighted by Crippen LogP contribution is -2.13. The van der Waals surface area contributed by atoms with Crippen LogP contribution < -0.4 is 0 Å². The highest BCUT2D eigenvalue weighted by Crippen LogP contribution is 2.36. The number of halogens is 1. The number of aromatic nitrogens is 2. The van der Waals surface area contributed by atoms with Gasteiger partial charge in [0.1, 0.15) is 10.5 Å². The van der Waals surface area contributed by atoms with Crippen molar-refractivity contribution in [2.45, 2.75) is 51.0 Å². The Hall–Kier alpha value is -0.260. The predicted octanol–water partition coefficient (Wildman–Crippen LogP) is 4.14. The van der Waals surface area contributed by atoms with Crippen LogP contribution in [0.3, 0.4) is 0 Å². The Morgan fingerprint density at radius 3 is 2.78 bits per heavy atom. The molecule has 0 saturated heterocycles. The smallest absolute Gasteiger partial charge is 0.144 e. The van der Waals surface area contributed by atoms with E-state index >= 15 is 0 Å². The molecule has 0 aliphatic heterocycles. The molecule has 1 aromatic heterocycles. The Labute approximate surface area is 121 Å². The first-order valence-electron chi connectivity index (χ1n) is 6.43. The summed E-state index contributed by atoms with van der Waals surface area (Å²) in [4.78, 5) is 7.88. The number of nitrogens with zero attached hydrogens (tertiary/aromatic N) is 1. The molecule has 1 aliphatic carbocycles. The standard InChI is InChI=1S/C13H19BrN2OS/c1-8(17-2)7-10-15-12(9-5-3-4-6-9)11(14)13(18)16-10/h8-9H,3-7H2,1-2H3,(H,15,16,18). The van der Waals surface area contributed by atoms with Gasteiger partial charge >= 0.3 is 0 Å². The average Bonchev–Trinajstić information content (AvgIpc) is 2.87. The van der Waals surface area contributed by atoms with Gasteiger partial charge < -0.3 is 9.72 Å². The van der Waals surface area contributed by atoms with E-state index in [9.17, 15) is 0 Å². The fourth-order valence-corrected chi connectivity index (χ4v) is 3.20. The quantitative estimate of drug-likeness (QED) is 0.843. The number of nitrogens with one attached hydrogen (secondary N) is 1. The Balaban J connectivity index is 2.30. The van der Waals surface area contributed by atoms with Crippen molar-refractivity contribution >= 4 is 28.1 Å². The van der Waals surface area contributed by atoms with Crippen molar-refractivity contribution in [3.8, 4) is 0 Å². The van der Waals surface area contributed by atoms with Gasteiger partial charge in [-0.15, -0.1) is 0 Å². The van der Waals surface area contributed by atoms with Crippen molar-refractivity contribution < 1.29 is 4.74 Å². The summed E-state index contributed by atoms with van der Waals surface area (Å²) < 4.78 is 6.92. The molecule has 100 valence electrons. The first-order valence-corrected chi connectivity index (χ1v) is 7.63. The summed E-state index contributed by atoms with van der Waals surface area (Å²) in [5, 5.41) is 0. The molecule has 2 rings (SSSR count). The molecule has 0 aromatic carbocycles. The number of methoxy groups -OCH3 is 1. The zero-order valence-electron chi connectivity index (χ0n) is 10.8. The normalized spacial score (nSPS) is 18.2. The van der Waals surface area contributed by atoms with Crippen LogP contribution in [0.15, 0.2) is 4.47 Å². The summed E-state index contributed by atoms with van der Waals surface area (Å²) >= 11 is 8.91. The highest BCUT2D eigenvalue weighted by molar-refractivity contribution is 9.10. The Morgan fingerprint density at radius 2 is 2.17 bits per heavy atom. The lowest BCUT2D eigenvalue weighted by atomic mass is 10.0. The maximum Gasteiger partial charge on any atom is 0.144 e. The topological polar surface area (TPSA) is 37.9 Å². The van der Waals surface area contributed by atoms with Crippen LogP contribution in [0.2, 0.25) is 0 Å². The lowest BCUT2D eigenvalue weighted by Gasteiger charge is -2.15. The van der Waals surface area contributed by atoms with Crippen molar-refractivity contribution in [2.24, 2.45) is 0 Å². The molecule has 1 N–H and O–H groups in total. The third kappa shape index (κ3) is 3.19. The van der Waals surface area contributed by atoms with Crippen molar-refractivity contribution in [2.75, 3.05) is 7.11 Å². The molecule has 0 radical (unpaired) electrons. The van der Waals surface area contributed by atoms with Crippen LogP contribution >= 0.6 is 28.1 Å². The first-order chi connectivity index (χ1) is 8.61. The minimum absolute atomic E-state index is 0.153. The van der Waals surface area contributed by atoms with Crippen molar-refractivity contribution in [1.82, 2.24) is 9.97 Å². The highest BCUT2D eigenvalue weighted by Gasteiger charge is 2.21. The maximum absolute atomic E-state index is 5.33. The Kier molecular flexibility index (Phi) is 4.92. The second kappa shape index (κ2) is 6.26. The largest absolute Gasteiger partial charge is 0.381 e. The third-order valence-electron chi connectivity index (χ3n) is 3.59. The van der Waals surface area contributed by atoms with E-state index in [4.69, 9.17) is 17.0 Å². The van der Waals surface area contributed by atoms with Gasteiger partial charge in [-0.25, -0.2) is 4.98 Å². The van der Waals surface area contributed by atoms with Crippen molar-refractivity contribution in [3.05, 3.63) is 20.6 Å². The minimum Gasteiger partial charge on any atom is -0.381 e. The molecule has 1 unspecified atom stereocenters. The molecule has 0 spiro atoms. The molecule has 5 heteroatoms. The maximum atomic E-state index is 5.33. The number of rotatable bonds is 4. The summed E-state index contributed by atoms with van der Waals surface area (Å²) in [5.74, 6) is 1.53. The van der Waals surface area contributed by atoms with Gasteiger partial charge in [-0.05, 0) is 35.7 Å². The molecular weight excluding hydrogens is 312 g/mol. The molecule has 18 heavy (non-hydrogen) atoms. The van der Waals surface area contributed by atoms with Gasteiger partial charge in [-0.1, -0.05) is 25.1 Å². The van der Waals surface area contributed by atoms with E-state index in [0.717, 1.165) is 16.7 Å². The van der Waals surface area contributed by atoms with Gasteiger partial charge in [0.25, 0.3) is 0 Å². The monoisotopic (exact) mass is 330 g/mol. The second-order valence-electron chi connectivity index (χ2n) is 4.95. The lowest BCUT2D eigenvalue weighted by molar-refractivity contribution is 0.117. The van der Waals surface area contributed by atoms with Crippen molar-refractivity contribution in [3.63, 3.8) is 0 Å². The molecule has 1 fully saturated rings. The van der Waals surface area contributed by atoms with E-state index < -0.39 is 0 Å². The number of H-pyrrole nitrogens is 1. The van der Waals surface area contributed by atoms with Crippen LogP contribution in [0.5, 0.6) is 0 Å². The van der Waals surface area contributed by atoms with Gasteiger partial charge in [0.2, 0.25) is 0 Å². The third-order valence-corrected chi connectivity index (χ3v) is 4.95. The number of aromatic amines is 1. The van der Waals surface area contributed by atoms with E-state index in [2.05, 4.69) is 25.9 Å². The summed E-state index contributed by atoms with van der Waals surface area (Å²) in [5.41, 5.74) is 1.23. The van der Waals surface area contributed by atoms with E-state index in [1.165, 1.54) is 31.4 Å². The number of hydrogen-bond acceptors (Lipinski definition) is 3. The van der Waals surface area contributed by atoms with Crippen LogP contribution in [-0.4, -0.2) is 23.2 Å². The fraction of sp³-hybridized carbons (Fsp3) is 0.692. The molecule has 1 aliphatic rings. The summed E-state index contributed by atoms with van der Waals surface area (Å²) in [7, 11) is 1.72. The highest BCUT2D eigenvalue weighted by atomic mass is 79.9. The number of ether oxygens (including phenoxy) is 1. The van der Waals surface area contributed by atoms with Gasteiger partial charge in [-0.3, -0.25) is 0 Å². The molecule has 0 amide bonds. The van der Waals surface area contributed by atoms with E-state index in [-0.39, 0.29) is 6.10 Å². The van der Waals surface area contributed by atoms with Crippen LogP contribution in [0.25, 0.3) is 0 Å². The summed E-state index contributed by atoms with van der Waals surface area (Å²) in [6.07, 6.45) is 6.03. The molecule has 1 saturated carbocycles. The Morgan fingerprint density at radius 1 is 1.50 bits per heavy atom. The Bertz CT molecular complexity index is 469. The number of hydrogen-bond donors (Lipinski definition) is 1. The van der Waals surface area contributed by atoms with Crippen LogP contribution in [-0.2, 0) is 11.2 Å². The zero-order valence-corrected chi connectivity index (χ0v) is 13.2. The molecule has 0 bridgehead atoms. The average molecular weight is 331 g/mol. The van der Waals surface area contributed by atoms with Crippen molar-refractivity contribution in [1.29, 1.82) is 0 Å².